The van der Waals surface area contributed by atoms with Crippen molar-refractivity contribution in [2.75, 3.05) is 12.8 Å². The molecule has 0 spiro atoms. The summed E-state index contributed by atoms with van der Waals surface area (Å²) in [5.41, 5.74) is 6.54. The molecule has 0 bridgehead atoms. The van der Waals surface area contributed by atoms with Crippen molar-refractivity contribution < 1.29 is 13.2 Å². The van der Waals surface area contributed by atoms with E-state index >= 15 is 0 Å². The molecule has 7 heteroatoms. The lowest BCUT2D eigenvalue weighted by Crippen LogP contribution is -2.24. The normalized spacial score (nSPS) is 11.3. The van der Waals surface area contributed by atoms with E-state index in [1.807, 2.05) is 12.1 Å². The van der Waals surface area contributed by atoms with Gasteiger partial charge in [-0.1, -0.05) is 29.8 Å². The fourth-order valence-electron chi connectivity index (χ4n) is 1.86. The van der Waals surface area contributed by atoms with E-state index in [-0.39, 0.29) is 17.1 Å². The Hall–Kier alpha value is -1.76. The van der Waals surface area contributed by atoms with Gasteiger partial charge < -0.3 is 10.5 Å². The Morgan fingerprint density at radius 2 is 1.95 bits per heavy atom. The van der Waals surface area contributed by atoms with Crippen LogP contribution in [0.3, 0.4) is 0 Å². The lowest BCUT2D eigenvalue weighted by Gasteiger charge is -2.11. The van der Waals surface area contributed by atoms with E-state index in [9.17, 15) is 8.42 Å². The number of hydrogen-bond donors (Lipinski definition) is 2. The van der Waals surface area contributed by atoms with Crippen LogP contribution >= 0.6 is 11.6 Å². The van der Waals surface area contributed by atoms with Gasteiger partial charge in [0.05, 0.1) is 12.8 Å². The van der Waals surface area contributed by atoms with Crippen LogP contribution in [-0.2, 0) is 16.6 Å². The van der Waals surface area contributed by atoms with E-state index in [1.165, 1.54) is 25.3 Å². The van der Waals surface area contributed by atoms with Crippen molar-refractivity contribution in [1.29, 1.82) is 0 Å². The first-order chi connectivity index (χ1) is 9.94. The van der Waals surface area contributed by atoms with Gasteiger partial charge in [-0.3, -0.25) is 0 Å². The second-order valence-corrected chi connectivity index (χ2v) is 6.49. The highest BCUT2D eigenvalue weighted by molar-refractivity contribution is 7.89. The summed E-state index contributed by atoms with van der Waals surface area (Å²) in [6.45, 7) is 0.106. The summed E-state index contributed by atoms with van der Waals surface area (Å²) in [6.07, 6.45) is 0. The maximum atomic E-state index is 12.3. The van der Waals surface area contributed by atoms with Gasteiger partial charge in [0.1, 0.15) is 10.6 Å². The van der Waals surface area contributed by atoms with Crippen molar-refractivity contribution in [3.8, 4) is 5.75 Å². The van der Waals surface area contributed by atoms with Crippen molar-refractivity contribution >= 4 is 27.3 Å². The Labute approximate surface area is 128 Å². The summed E-state index contributed by atoms with van der Waals surface area (Å²) in [6, 6.07) is 11.4. The topological polar surface area (TPSA) is 81.4 Å². The van der Waals surface area contributed by atoms with Crippen molar-refractivity contribution in [3.05, 3.63) is 53.1 Å². The zero-order valence-electron chi connectivity index (χ0n) is 11.3. The van der Waals surface area contributed by atoms with Gasteiger partial charge in [-0.15, -0.1) is 0 Å². The molecular weight excluding hydrogens is 312 g/mol. The number of nitrogens with one attached hydrogen (secondary N) is 1. The number of rotatable bonds is 5. The zero-order chi connectivity index (χ0) is 15.5. The van der Waals surface area contributed by atoms with Crippen LogP contribution in [0.15, 0.2) is 47.4 Å². The third-order valence-corrected chi connectivity index (χ3v) is 4.62. The molecule has 2 rings (SSSR count). The molecule has 21 heavy (non-hydrogen) atoms. The van der Waals surface area contributed by atoms with Crippen LogP contribution in [0.25, 0.3) is 0 Å². The van der Waals surface area contributed by atoms with E-state index in [2.05, 4.69) is 4.72 Å². The van der Waals surface area contributed by atoms with Gasteiger partial charge in [0, 0.05) is 17.1 Å². The van der Waals surface area contributed by atoms with Gasteiger partial charge in [-0.2, -0.15) is 0 Å². The quantitative estimate of drug-likeness (QED) is 0.827. The average Bonchev–Trinajstić information content (AvgIpc) is 2.45. The molecule has 112 valence electrons. The monoisotopic (exact) mass is 326 g/mol. The molecule has 0 unspecified atom stereocenters. The third kappa shape index (κ3) is 3.66. The number of ether oxygens (including phenoxy) is 1. The highest BCUT2D eigenvalue weighted by Crippen LogP contribution is 2.23. The van der Waals surface area contributed by atoms with E-state index in [0.717, 1.165) is 5.56 Å². The molecule has 0 fully saturated rings. The molecule has 0 heterocycles. The highest BCUT2D eigenvalue weighted by Gasteiger charge is 2.18. The number of sulfonamides is 1. The van der Waals surface area contributed by atoms with Gasteiger partial charge in [0.2, 0.25) is 10.0 Å². The fraction of sp³-hybridized carbons (Fsp3) is 0.143. The Morgan fingerprint density at radius 3 is 2.62 bits per heavy atom. The van der Waals surface area contributed by atoms with E-state index in [0.29, 0.717) is 10.8 Å². The highest BCUT2D eigenvalue weighted by atomic mass is 35.5. The summed E-state index contributed by atoms with van der Waals surface area (Å²) in [5, 5.41) is 0.385. The molecular formula is C14H15ClN2O3S. The molecule has 0 aliphatic heterocycles. The largest absolute Gasteiger partial charge is 0.496 e. The summed E-state index contributed by atoms with van der Waals surface area (Å²) in [4.78, 5) is 0.00166. The zero-order valence-corrected chi connectivity index (χ0v) is 12.9. The van der Waals surface area contributed by atoms with Crippen LogP contribution in [0, 0.1) is 0 Å². The Balaban J connectivity index is 2.22. The molecule has 3 N–H and O–H groups in total. The number of para-hydroxylation sites is 1. The summed E-state index contributed by atoms with van der Waals surface area (Å²) < 4.78 is 32.2. The number of methoxy groups -OCH3 is 1. The average molecular weight is 327 g/mol. The molecule has 0 radical (unpaired) electrons. The molecule has 0 aliphatic carbocycles. The lowest BCUT2D eigenvalue weighted by atomic mass is 10.2. The Morgan fingerprint density at radius 1 is 1.24 bits per heavy atom. The molecule has 0 atom stereocenters. The number of nitrogens with two attached hydrogens (primary N) is 1. The van der Waals surface area contributed by atoms with Crippen LogP contribution in [0.2, 0.25) is 5.02 Å². The molecule has 0 amide bonds. The number of hydrogen-bond acceptors (Lipinski definition) is 4. The Bertz CT molecular complexity index is 748. The SMILES string of the molecule is COc1ccccc1CNS(=O)(=O)c1ccc(Cl)cc1N. The molecule has 5 nitrogen and oxygen atoms in total. The second-order valence-electron chi connectivity index (χ2n) is 4.32. The van der Waals surface area contributed by atoms with Crippen molar-refractivity contribution in [1.82, 2.24) is 4.72 Å². The lowest BCUT2D eigenvalue weighted by molar-refractivity contribution is 0.409. The van der Waals surface area contributed by atoms with Crippen LogP contribution in [0.4, 0.5) is 5.69 Å². The van der Waals surface area contributed by atoms with Gasteiger partial charge in [-0.05, 0) is 24.3 Å². The second kappa shape index (κ2) is 6.34. The molecule has 2 aromatic rings. The molecule has 2 aromatic carbocycles. The van der Waals surface area contributed by atoms with Crippen LogP contribution < -0.4 is 15.2 Å². The smallest absolute Gasteiger partial charge is 0.242 e. The van der Waals surface area contributed by atoms with Crippen LogP contribution in [-0.4, -0.2) is 15.5 Å². The van der Waals surface area contributed by atoms with E-state index < -0.39 is 10.0 Å². The maximum absolute atomic E-state index is 12.3. The van der Waals surface area contributed by atoms with Crippen molar-refractivity contribution in [2.24, 2.45) is 0 Å². The molecule has 0 saturated carbocycles. The summed E-state index contributed by atoms with van der Waals surface area (Å²) >= 11 is 5.77. The van der Waals surface area contributed by atoms with Crippen molar-refractivity contribution in [2.45, 2.75) is 11.4 Å². The predicted octanol–water partition coefficient (Wildman–Crippen LogP) is 2.41. The maximum Gasteiger partial charge on any atom is 0.242 e. The number of benzene rings is 2. The first-order valence-electron chi connectivity index (χ1n) is 6.10. The van der Waals surface area contributed by atoms with Gasteiger partial charge in [0.25, 0.3) is 0 Å². The van der Waals surface area contributed by atoms with E-state index in [1.54, 1.807) is 12.1 Å². The van der Waals surface area contributed by atoms with Crippen LogP contribution in [0.1, 0.15) is 5.56 Å². The predicted molar refractivity (Wildman–Crippen MR) is 82.9 cm³/mol. The van der Waals surface area contributed by atoms with Gasteiger partial charge in [-0.25, -0.2) is 13.1 Å². The minimum atomic E-state index is -3.72. The van der Waals surface area contributed by atoms with E-state index in [4.69, 9.17) is 22.1 Å². The standard InChI is InChI=1S/C14H15ClN2O3S/c1-20-13-5-3-2-4-10(13)9-17-21(18,19)14-7-6-11(15)8-12(14)16/h2-8,17H,9,16H2,1H3. The number of nitrogen functional groups attached to an aromatic ring is 1. The first-order valence-corrected chi connectivity index (χ1v) is 7.97. The van der Waals surface area contributed by atoms with Crippen molar-refractivity contribution in [3.63, 3.8) is 0 Å². The molecule has 0 aliphatic rings. The minimum absolute atomic E-state index is 0.00166. The molecule has 0 saturated heterocycles. The first kappa shape index (κ1) is 15.6. The van der Waals surface area contributed by atoms with Gasteiger partial charge in [0.15, 0.2) is 0 Å². The fourth-order valence-corrected chi connectivity index (χ4v) is 3.16. The third-order valence-electron chi connectivity index (χ3n) is 2.91. The summed E-state index contributed by atoms with van der Waals surface area (Å²) in [7, 11) is -2.19. The summed E-state index contributed by atoms with van der Waals surface area (Å²) in [5.74, 6) is 0.615. The van der Waals surface area contributed by atoms with Gasteiger partial charge >= 0.3 is 0 Å². The van der Waals surface area contributed by atoms with Crippen LogP contribution in [0.5, 0.6) is 5.75 Å². The minimum Gasteiger partial charge on any atom is -0.496 e. The number of anilines is 1. The Kier molecular flexibility index (Phi) is 4.72. The molecule has 0 aromatic heterocycles. The number of halogens is 1.